The van der Waals surface area contributed by atoms with Crippen LogP contribution in [0.2, 0.25) is 0 Å². The third-order valence-electron chi connectivity index (χ3n) is 5.17. The average Bonchev–Trinajstić information content (AvgIpc) is 3.13. The van der Waals surface area contributed by atoms with E-state index >= 15 is 0 Å². The summed E-state index contributed by atoms with van der Waals surface area (Å²) in [6, 6.07) is 1.81. The second kappa shape index (κ2) is 6.32. The van der Waals surface area contributed by atoms with Crippen LogP contribution in [0.15, 0.2) is 35.8 Å². The van der Waals surface area contributed by atoms with Crippen LogP contribution >= 0.6 is 0 Å². The first-order chi connectivity index (χ1) is 11.7. The molecule has 24 heavy (non-hydrogen) atoms. The topological polar surface area (TPSA) is 67.2 Å². The molecule has 4 rings (SSSR count). The van der Waals surface area contributed by atoms with E-state index in [2.05, 4.69) is 31.7 Å². The third kappa shape index (κ3) is 2.91. The molecule has 0 amide bonds. The maximum Gasteiger partial charge on any atom is 0.347 e. The Kier molecular flexibility index (Phi) is 4.02. The molecule has 4 heterocycles. The molecule has 0 saturated carbocycles. The van der Waals surface area contributed by atoms with Crippen LogP contribution in [0.5, 0.6) is 0 Å². The molecule has 2 unspecified atom stereocenters. The van der Waals surface area contributed by atoms with Crippen LogP contribution in [0.25, 0.3) is 0 Å². The standard InChI is InChI=1S/C17H22N6O/c1-13-7-18-12-20-16(13)23-10-14-8-21(9-15(14)11-23)5-6-22-4-2-3-19-17(22)24/h2-4,7,12,14-15H,5-6,8-11H2,1H3. The van der Waals surface area contributed by atoms with Crippen molar-refractivity contribution in [1.29, 1.82) is 0 Å². The molecular formula is C17H22N6O. The first-order valence-electron chi connectivity index (χ1n) is 8.46. The summed E-state index contributed by atoms with van der Waals surface area (Å²) in [5, 5.41) is 0. The predicted octanol–water partition coefficient (Wildman–Crippen LogP) is 0.410. The molecule has 126 valence electrons. The third-order valence-corrected chi connectivity index (χ3v) is 5.17. The van der Waals surface area contributed by atoms with E-state index in [0.29, 0.717) is 18.4 Å². The zero-order valence-corrected chi connectivity index (χ0v) is 13.9. The van der Waals surface area contributed by atoms with Gasteiger partial charge in [-0.2, -0.15) is 0 Å². The number of hydrogen-bond donors (Lipinski definition) is 0. The van der Waals surface area contributed by atoms with Crippen LogP contribution in [-0.4, -0.2) is 57.1 Å². The van der Waals surface area contributed by atoms with Crippen molar-refractivity contribution in [2.75, 3.05) is 37.6 Å². The largest absolute Gasteiger partial charge is 0.356 e. The van der Waals surface area contributed by atoms with Gasteiger partial charge < -0.3 is 9.80 Å². The first-order valence-corrected chi connectivity index (χ1v) is 8.46. The molecule has 0 aliphatic carbocycles. The molecule has 7 heteroatoms. The van der Waals surface area contributed by atoms with Gasteiger partial charge in [0.2, 0.25) is 0 Å². The SMILES string of the molecule is Cc1cncnc1N1CC2CN(CCn3cccnc3=O)CC2C1. The van der Waals surface area contributed by atoms with Gasteiger partial charge in [0.25, 0.3) is 0 Å². The highest BCUT2D eigenvalue weighted by Crippen LogP contribution is 2.33. The molecule has 2 aromatic rings. The summed E-state index contributed by atoms with van der Waals surface area (Å²) < 4.78 is 1.69. The molecule has 2 aliphatic heterocycles. The molecule has 0 N–H and O–H groups in total. The lowest BCUT2D eigenvalue weighted by Gasteiger charge is -2.23. The Balaban J connectivity index is 1.34. The minimum absolute atomic E-state index is 0.165. The van der Waals surface area contributed by atoms with Crippen molar-refractivity contribution in [2.24, 2.45) is 11.8 Å². The van der Waals surface area contributed by atoms with E-state index in [0.717, 1.165) is 44.1 Å². The van der Waals surface area contributed by atoms with Crippen LogP contribution < -0.4 is 10.6 Å². The molecule has 2 atom stereocenters. The summed E-state index contributed by atoms with van der Waals surface area (Å²) in [6.07, 6.45) is 6.87. The molecule has 0 radical (unpaired) electrons. The van der Waals surface area contributed by atoms with E-state index in [1.165, 1.54) is 0 Å². The van der Waals surface area contributed by atoms with Crippen molar-refractivity contribution < 1.29 is 0 Å². The molecule has 2 saturated heterocycles. The number of anilines is 1. The fraction of sp³-hybridized carbons (Fsp3) is 0.529. The first kappa shape index (κ1) is 15.3. The second-order valence-corrected chi connectivity index (χ2v) is 6.81. The van der Waals surface area contributed by atoms with E-state index in [-0.39, 0.29) is 5.69 Å². The summed E-state index contributed by atoms with van der Waals surface area (Å²) in [5.41, 5.74) is 0.979. The van der Waals surface area contributed by atoms with Gasteiger partial charge in [0.05, 0.1) is 0 Å². The van der Waals surface area contributed by atoms with Gasteiger partial charge in [0.15, 0.2) is 0 Å². The van der Waals surface area contributed by atoms with Gasteiger partial charge in [0.1, 0.15) is 12.1 Å². The molecule has 0 bridgehead atoms. The number of hydrogen-bond acceptors (Lipinski definition) is 6. The number of rotatable bonds is 4. The number of fused-ring (bicyclic) bond motifs is 1. The van der Waals surface area contributed by atoms with Gasteiger partial charge in [-0.3, -0.25) is 4.57 Å². The Morgan fingerprint density at radius 1 is 1.12 bits per heavy atom. The van der Waals surface area contributed by atoms with Crippen molar-refractivity contribution in [1.82, 2.24) is 24.4 Å². The van der Waals surface area contributed by atoms with E-state index in [1.54, 1.807) is 17.1 Å². The van der Waals surface area contributed by atoms with Crippen molar-refractivity contribution in [2.45, 2.75) is 13.5 Å². The normalized spacial score (nSPS) is 23.6. The molecule has 2 aliphatic rings. The van der Waals surface area contributed by atoms with Gasteiger partial charge in [-0.1, -0.05) is 0 Å². The van der Waals surface area contributed by atoms with Crippen LogP contribution in [0.4, 0.5) is 5.82 Å². The zero-order chi connectivity index (χ0) is 16.5. The van der Waals surface area contributed by atoms with Crippen LogP contribution in [0, 0.1) is 18.8 Å². The molecule has 7 nitrogen and oxygen atoms in total. The number of aromatic nitrogens is 4. The van der Waals surface area contributed by atoms with Gasteiger partial charge >= 0.3 is 5.69 Å². The van der Waals surface area contributed by atoms with Crippen LogP contribution in [0.1, 0.15) is 5.56 Å². The van der Waals surface area contributed by atoms with Crippen molar-refractivity contribution in [3.63, 3.8) is 0 Å². The van der Waals surface area contributed by atoms with Crippen LogP contribution in [-0.2, 0) is 6.54 Å². The Morgan fingerprint density at radius 2 is 1.92 bits per heavy atom. The smallest absolute Gasteiger partial charge is 0.347 e. The quantitative estimate of drug-likeness (QED) is 0.811. The lowest BCUT2D eigenvalue weighted by molar-refractivity contribution is 0.300. The maximum atomic E-state index is 11.7. The van der Waals surface area contributed by atoms with Gasteiger partial charge in [0, 0.05) is 63.4 Å². The zero-order valence-electron chi connectivity index (χ0n) is 13.9. The molecule has 0 spiro atoms. The summed E-state index contributed by atoms with van der Waals surface area (Å²) >= 11 is 0. The lowest BCUT2D eigenvalue weighted by atomic mass is 10.0. The minimum Gasteiger partial charge on any atom is -0.356 e. The number of nitrogens with zero attached hydrogens (tertiary/aromatic N) is 6. The van der Waals surface area contributed by atoms with E-state index in [9.17, 15) is 4.79 Å². The Hall–Kier alpha value is -2.28. The van der Waals surface area contributed by atoms with E-state index < -0.39 is 0 Å². The minimum atomic E-state index is -0.165. The predicted molar refractivity (Wildman–Crippen MR) is 90.9 cm³/mol. The lowest BCUT2D eigenvalue weighted by Crippen LogP contribution is -2.33. The molecular weight excluding hydrogens is 304 g/mol. The fourth-order valence-electron chi connectivity index (χ4n) is 3.98. The van der Waals surface area contributed by atoms with Crippen molar-refractivity contribution >= 4 is 5.82 Å². The highest BCUT2D eigenvalue weighted by Gasteiger charge is 2.40. The molecule has 2 fully saturated rings. The summed E-state index contributed by atoms with van der Waals surface area (Å²) in [4.78, 5) is 28.9. The maximum absolute atomic E-state index is 11.7. The van der Waals surface area contributed by atoms with Gasteiger partial charge in [-0.15, -0.1) is 0 Å². The highest BCUT2D eigenvalue weighted by atomic mass is 16.1. The van der Waals surface area contributed by atoms with Gasteiger partial charge in [-0.05, 0) is 24.8 Å². The van der Waals surface area contributed by atoms with E-state index in [4.69, 9.17) is 0 Å². The molecule has 2 aromatic heterocycles. The number of aryl methyl sites for hydroxylation is 1. The monoisotopic (exact) mass is 326 g/mol. The second-order valence-electron chi connectivity index (χ2n) is 6.81. The average molecular weight is 326 g/mol. The van der Waals surface area contributed by atoms with E-state index in [1.807, 2.05) is 18.5 Å². The summed E-state index contributed by atoms with van der Waals surface area (Å²) in [5.74, 6) is 2.45. The fourth-order valence-corrected chi connectivity index (χ4v) is 3.98. The van der Waals surface area contributed by atoms with Crippen molar-refractivity contribution in [3.05, 3.63) is 47.0 Å². The Morgan fingerprint density at radius 3 is 2.62 bits per heavy atom. The number of likely N-dealkylation sites (tertiary alicyclic amines) is 1. The van der Waals surface area contributed by atoms with Gasteiger partial charge in [-0.25, -0.2) is 19.7 Å². The Labute approximate surface area is 141 Å². The summed E-state index contributed by atoms with van der Waals surface area (Å²) in [6.45, 7) is 8.01. The Bertz CT molecular complexity index is 761. The summed E-state index contributed by atoms with van der Waals surface area (Å²) in [7, 11) is 0. The van der Waals surface area contributed by atoms with Crippen molar-refractivity contribution in [3.8, 4) is 0 Å². The van der Waals surface area contributed by atoms with Crippen LogP contribution in [0.3, 0.4) is 0 Å². The molecule has 0 aromatic carbocycles. The highest BCUT2D eigenvalue weighted by molar-refractivity contribution is 5.46.